The first-order chi connectivity index (χ1) is 13.5. The maximum Gasteiger partial charge on any atom is 0.191 e. The lowest BCUT2D eigenvalue weighted by Crippen LogP contribution is -2.11. The average molecular weight is 411 g/mol. The SMILES string of the molecule is C=CCn1c(CS(=O)(=O)c2ccccc2)nnc1SCc1ccccc1C#N. The average Bonchev–Trinajstić information content (AvgIpc) is 3.08. The van der Waals surface area contributed by atoms with Crippen molar-refractivity contribution in [2.45, 2.75) is 28.1 Å². The van der Waals surface area contributed by atoms with Gasteiger partial charge in [-0.15, -0.1) is 16.8 Å². The Labute approximate surface area is 168 Å². The molecule has 0 fully saturated rings. The van der Waals surface area contributed by atoms with Crippen LogP contribution >= 0.6 is 11.8 Å². The first-order valence-corrected chi connectivity index (χ1v) is 11.1. The third-order valence-corrected chi connectivity index (χ3v) is 6.67. The highest BCUT2D eigenvalue weighted by molar-refractivity contribution is 7.98. The fourth-order valence-electron chi connectivity index (χ4n) is 2.62. The van der Waals surface area contributed by atoms with Crippen LogP contribution in [-0.4, -0.2) is 23.2 Å². The van der Waals surface area contributed by atoms with Gasteiger partial charge in [0.05, 0.1) is 16.5 Å². The van der Waals surface area contributed by atoms with Gasteiger partial charge in [0.1, 0.15) is 11.6 Å². The monoisotopic (exact) mass is 410 g/mol. The number of rotatable bonds is 8. The Balaban J connectivity index is 1.84. The summed E-state index contributed by atoms with van der Waals surface area (Å²) in [7, 11) is -3.53. The maximum atomic E-state index is 12.7. The molecule has 0 bridgehead atoms. The molecule has 0 spiro atoms. The second-order valence-electron chi connectivity index (χ2n) is 5.93. The molecule has 1 aromatic heterocycles. The molecule has 0 radical (unpaired) electrons. The lowest BCUT2D eigenvalue weighted by molar-refractivity contribution is 0.590. The fraction of sp³-hybridized carbons (Fsp3) is 0.150. The Bertz CT molecular complexity index is 1120. The highest BCUT2D eigenvalue weighted by Gasteiger charge is 2.21. The van der Waals surface area contributed by atoms with Crippen LogP contribution in [0, 0.1) is 11.3 Å². The molecule has 0 aliphatic heterocycles. The molecule has 0 N–H and O–H groups in total. The lowest BCUT2D eigenvalue weighted by atomic mass is 10.1. The van der Waals surface area contributed by atoms with Gasteiger partial charge in [-0.1, -0.05) is 54.2 Å². The Morgan fingerprint density at radius 1 is 1.11 bits per heavy atom. The molecule has 28 heavy (non-hydrogen) atoms. The number of hydrogen-bond acceptors (Lipinski definition) is 6. The molecule has 0 saturated carbocycles. The van der Waals surface area contributed by atoms with E-state index in [1.54, 1.807) is 47.0 Å². The number of nitriles is 1. The predicted octanol–water partition coefficient (Wildman–Crippen LogP) is 3.60. The van der Waals surface area contributed by atoms with E-state index in [2.05, 4.69) is 22.8 Å². The third kappa shape index (κ3) is 4.50. The van der Waals surface area contributed by atoms with Crippen LogP contribution < -0.4 is 0 Å². The van der Waals surface area contributed by atoms with E-state index >= 15 is 0 Å². The van der Waals surface area contributed by atoms with Crippen LogP contribution in [0.2, 0.25) is 0 Å². The summed E-state index contributed by atoms with van der Waals surface area (Å²) in [6, 6.07) is 17.8. The third-order valence-electron chi connectivity index (χ3n) is 4.02. The molecule has 0 amide bonds. The van der Waals surface area contributed by atoms with Gasteiger partial charge in [-0.05, 0) is 23.8 Å². The summed E-state index contributed by atoms with van der Waals surface area (Å²) in [4.78, 5) is 0.250. The second kappa shape index (κ2) is 8.87. The smallest absolute Gasteiger partial charge is 0.191 e. The molecule has 2 aromatic carbocycles. The molecule has 0 unspecified atom stereocenters. The Morgan fingerprint density at radius 2 is 1.82 bits per heavy atom. The molecule has 1 heterocycles. The number of thioether (sulfide) groups is 1. The fourth-order valence-corrected chi connectivity index (χ4v) is 4.89. The van der Waals surface area contributed by atoms with Crippen molar-refractivity contribution in [1.29, 1.82) is 5.26 Å². The van der Waals surface area contributed by atoms with Gasteiger partial charge in [0, 0.05) is 12.3 Å². The molecule has 0 saturated heterocycles. The van der Waals surface area contributed by atoms with Crippen molar-refractivity contribution in [1.82, 2.24) is 14.8 Å². The molecule has 3 aromatic rings. The van der Waals surface area contributed by atoms with Crippen LogP contribution in [0.3, 0.4) is 0 Å². The molecule has 6 nitrogen and oxygen atoms in total. The van der Waals surface area contributed by atoms with E-state index in [4.69, 9.17) is 0 Å². The maximum absolute atomic E-state index is 12.7. The highest BCUT2D eigenvalue weighted by Crippen LogP contribution is 2.25. The van der Waals surface area contributed by atoms with Gasteiger partial charge in [-0.25, -0.2) is 8.42 Å². The van der Waals surface area contributed by atoms with Crippen molar-refractivity contribution in [2.24, 2.45) is 0 Å². The molecule has 0 aliphatic carbocycles. The van der Waals surface area contributed by atoms with E-state index in [0.29, 0.717) is 28.8 Å². The van der Waals surface area contributed by atoms with Crippen LogP contribution in [0.25, 0.3) is 0 Å². The van der Waals surface area contributed by atoms with E-state index in [9.17, 15) is 13.7 Å². The van der Waals surface area contributed by atoms with Gasteiger partial charge < -0.3 is 4.57 Å². The largest absolute Gasteiger partial charge is 0.301 e. The highest BCUT2D eigenvalue weighted by atomic mass is 32.2. The zero-order valence-electron chi connectivity index (χ0n) is 15.0. The first-order valence-electron chi connectivity index (χ1n) is 8.46. The van der Waals surface area contributed by atoms with E-state index in [1.807, 2.05) is 18.2 Å². The number of nitrogens with zero attached hydrogens (tertiary/aromatic N) is 4. The van der Waals surface area contributed by atoms with Crippen molar-refractivity contribution in [2.75, 3.05) is 0 Å². The molecule has 0 atom stereocenters. The number of hydrogen-bond donors (Lipinski definition) is 0. The number of benzene rings is 2. The van der Waals surface area contributed by atoms with Crippen molar-refractivity contribution in [3.8, 4) is 6.07 Å². The van der Waals surface area contributed by atoms with E-state index in [-0.39, 0.29) is 10.6 Å². The Hall–Kier alpha value is -2.89. The van der Waals surface area contributed by atoms with Gasteiger partial charge in [0.2, 0.25) is 0 Å². The van der Waals surface area contributed by atoms with Crippen LogP contribution in [0.4, 0.5) is 0 Å². The van der Waals surface area contributed by atoms with E-state index < -0.39 is 9.84 Å². The molecule has 8 heteroatoms. The van der Waals surface area contributed by atoms with E-state index in [0.717, 1.165) is 5.56 Å². The topological polar surface area (TPSA) is 88.6 Å². The van der Waals surface area contributed by atoms with Gasteiger partial charge in [-0.2, -0.15) is 5.26 Å². The number of aromatic nitrogens is 3. The summed E-state index contributed by atoms with van der Waals surface area (Å²) in [6.07, 6.45) is 1.68. The standard InChI is InChI=1S/C20H18N4O2S2/c1-2-12-24-19(15-28(25,26)18-10-4-3-5-11-18)22-23-20(24)27-14-17-9-7-6-8-16(17)13-21/h2-11H,1,12,14-15H2. The molecule has 142 valence electrons. The molecular formula is C20H18N4O2S2. The summed E-state index contributed by atoms with van der Waals surface area (Å²) in [5, 5.41) is 18.1. The Morgan fingerprint density at radius 3 is 2.54 bits per heavy atom. The van der Waals surface area contributed by atoms with Crippen LogP contribution in [0.1, 0.15) is 17.0 Å². The molecular weight excluding hydrogens is 392 g/mol. The summed E-state index contributed by atoms with van der Waals surface area (Å²) >= 11 is 1.41. The first kappa shape index (κ1) is 19.9. The molecule has 0 aliphatic rings. The van der Waals surface area contributed by atoms with Crippen molar-refractivity contribution in [3.05, 3.63) is 84.2 Å². The van der Waals surface area contributed by atoms with Gasteiger partial charge in [-0.3, -0.25) is 0 Å². The van der Waals surface area contributed by atoms with Gasteiger partial charge >= 0.3 is 0 Å². The second-order valence-corrected chi connectivity index (χ2v) is 8.86. The van der Waals surface area contributed by atoms with Crippen molar-refractivity contribution < 1.29 is 8.42 Å². The predicted molar refractivity (Wildman–Crippen MR) is 108 cm³/mol. The van der Waals surface area contributed by atoms with Gasteiger partial charge in [0.15, 0.2) is 15.0 Å². The van der Waals surface area contributed by atoms with Crippen LogP contribution in [0.15, 0.2) is 77.3 Å². The lowest BCUT2D eigenvalue weighted by Gasteiger charge is -2.09. The quantitative estimate of drug-likeness (QED) is 0.416. The van der Waals surface area contributed by atoms with Crippen LogP contribution in [0.5, 0.6) is 0 Å². The van der Waals surface area contributed by atoms with Crippen LogP contribution in [-0.2, 0) is 27.9 Å². The van der Waals surface area contributed by atoms with Crippen molar-refractivity contribution >= 4 is 21.6 Å². The number of allylic oxidation sites excluding steroid dienone is 1. The minimum absolute atomic E-state index is 0.243. The molecule has 3 rings (SSSR count). The zero-order chi connectivity index (χ0) is 20.0. The zero-order valence-corrected chi connectivity index (χ0v) is 16.7. The summed E-state index contributed by atoms with van der Waals surface area (Å²) in [5.41, 5.74) is 1.50. The van der Waals surface area contributed by atoms with E-state index in [1.165, 1.54) is 11.8 Å². The summed E-state index contributed by atoms with van der Waals surface area (Å²) < 4.78 is 27.1. The Kier molecular flexibility index (Phi) is 6.29. The van der Waals surface area contributed by atoms with Crippen molar-refractivity contribution in [3.63, 3.8) is 0 Å². The normalized spacial score (nSPS) is 11.1. The minimum Gasteiger partial charge on any atom is -0.301 e. The summed E-state index contributed by atoms with van der Waals surface area (Å²) in [6.45, 7) is 4.14. The summed E-state index contributed by atoms with van der Waals surface area (Å²) in [5.74, 6) is 0.650. The minimum atomic E-state index is -3.53. The van der Waals surface area contributed by atoms with Gasteiger partial charge in [0.25, 0.3) is 0 Å². The number of sulfone groups is 1.